The molecule has 2 aromatic rings. The summed E-state index contributed by atoms with van der Waals surface area (Å²) in [5, 5.41) is 18.3. The highest BCUT2D eigenvalue weighted by molar-refractivity contribution is 6.77. The van der Waals surface area contributed by atoms with E-state index in [2.05, 4.69) is 67.6 Å². The molecule has 0 unspecified atom stereocenters. The minimum atomic E-state index is -3.09. The molecular formula is C64H91NO15Si2. The summed E-state index contributed by atoms with van der Waals surface area (Å²) < 4.78 is 55.4. The molecule has 2 saturated carbocycles. The highest BCUT2D eigenvalue weighted by Crippen LogP contribution is 2.66. The molecular weight excluding hydrogens is 1080 g/mol. The van der Waals surface area contributed by atoms with Gasteiger partial charge in [0, 0.05) is 31.2 Å². The third-order valence-corrected chi connectivity index (χ3v) is 30.0. The minimum Gasteiger partial charge on any atom is -0.455 e. The van der Waals surface area contributed by atoms with Crippen LogP contribution in [0.5, 0.6) is 0 Å². The highest BCUT2D eigenvalue weighted by Gasteiger charge is 2.80. The Morgan fingerprint density at radius 2 is 1.41 bits per heavy atom. The van der Waals surface area contributed by atoms with Crippen LogP contribution in [-0.4, -0.2) is 130 Å². The summed E-state index contributed by atoms with van der Waals surface area (Å²) in [6.45, 7) is 31.0. The first-order valence-corrected chi connectivity index (χ1v) is 34.2. The molecule has 18 heteroatoms. The fraction of sp³-hybridized carbons (Fsp3) is 0.625. The predicted molar refractivity (Wildman–Crippen MR) is 316 cm³/mol. The van der Waals surface area contributed by atoms with E-state index in [4.69, 9.17) is 37.3 Å². The molecule has 2 aromatic carbocycles. The third-order valence-electron chi connectivity index (χ3n) is 19.3. The summed E-state index contributed by atoms with van der Waals surface area (Å²) in [5.74, 6) is -5.99. The van der Waals surface area contributed by atoms with Gasteiger partial charge in [0.05, 0.1) is 42.3 Å². The standard InChI is InChI=1S/C64H91NO15Si2/c1-18-81(19-2,20-3)79-48-35-49-63(36-74-49,78-43(14)67)54-57(77-59(70)45-30-22-21-23-31-45)64(72)56-51(41(12)50(61(64,15)16)53(75-42(13)66)55(68)62(48,54)17)76-60(71)52(80-82(38(6)7,39(8)9)40(10)11)47(34-37(4)5)65-58(69)46-32-25-24-28-44(46)29-26-27-33-73-56/h21-28,30-32,34,38-40,47-49,51-54,56-57,72H,18-20,29,33,35-36H2,1-17H3,(H,65,69)/b27-26+/t47-,48+,49+,51+,52+,53+,54-,56-,57-,62+,63-,64+/m1/s1. The lowest BCUT2D eigenvalue weighted by atomic mass is 9.44. The van der Waals surface area contributed by atoms with Crippen molar-refractivity contribution in [3.63, 3.8) is 0 Å². The van der Waals surface area contributed by atoms with Crippen LogP contribution in [0.25, 0.3) is 0 Å². The van der Waals surface area contributed by atoms with Crippen LogP contribution in [-0.2, 0) is 62.9 Å². The summed E-state index contributed by atoms with van der Waals surface area (Å²) in [4.78, 5) is 91.0. The molecule has 0 radical (unpaired) electrons. The van der Waals surface area contributed by atoms with Crippen LogP contribution < -0.4 is 5.32 Å². The van der Waals surface area contributed by atoms with Gasteiger partial charge in [-0.25, -0.2) is 9.59 Å². The molecule has 1 saturated heterocycles. The van der Waals surface area contributed by atoms with E-state index in [-0.39, 0.29) is 59.4 Å². The quantitative estimate of drug-likeness (QED) is 0.0736. The molecule has 12 atom stereocenters. The minimum absolute atomic E-state index is 0.0497. The van der Waals surface area contributed by atoms with Crippen LogP contribution in [0.2, 0.25) is 34.8 Å². The summed E-state index contributed by atoms with van der Waals surface area (Å²) in [6, 6.07) is 16.3. The van der Waals surface area contributed by atoms with Crippen molar-refractivity contribution in [2.75, 3.05) is 13.2 Å². The van der Waals surface area contributed by atoms with Crippen molar-refractivity contribution >= 4 is 52.2 Å². The molecule has 450 valence electrons. The van der Waals surface area contributed by atoms with Crippen molar-refractivity contribution in [1.82, 2.24) is 5.32 Å². The summed E-state index contributed by atoms with van der Waals surface area (Å²) in [5.41, 5.74) is -6.01. The topological polar surface area (TPSA) is 209 Å². The van der Waals surface area contributed by atoms with Gasteiger partial charge in [-0.3, -0.25) is 19.2 Å². The van der Waals surface area contributed by atoms with Crippen LogP contribution in [0, 0.1) is 16.7 Å². The predicted octanol–water partition coefficient (Wildman–Crippen LogP) is 10.7. The van der Waals surface area contributed by atoms with Gasteiger partial charge in [0.2, 0.25) is 8.32 Å². The number of esters is 4. The van der Waals surface area contributed by atoms with Crippen molar-refractivity contribution in [3.8, 4) is 0 Å². The monoisotopic (exact) mass is 1170 g/mol. The van der Waals surface area contributed by atoms with E-state index in [1.54, 1.807) is 82.3 Å². The maximum atomic E-state index is 16.9. The van der Waals surface area contributed by atoms with Crippen molar-refractivity contribution in [1.29, 1.82) is 0 Å². The summed E-state index contributed by atoms with van der Waals surface area (Å²) >= 11 is 0. The van der Waals surface area contributed by atoms with Crippen molar-refractivity contribution in [3.05, 3.63) is 106 Å². The number of Topliss-reactive ketones (excluding diaryl/α,β-unsaturated/α-hetero) is 1. The number of benzene rings is 2. The molecule has 2 heterocycles. The number of hydrogen-bond acceptors (Lipinski definition) is 15. The second-order valence-electron chi connectivity index (χ2n) is 25.3. The van der Waals surface area contributed by atoms with E-state index in [0.717, 1.165) is 5.57 Å². The zero-order chi connectivity index (χ0) is 60.7. The Hall–Kier alpha value is -5.09. The first-order valence-electron chi connectivity index (χ1n) is 29.6. The van der Waals surface area contributed by atoms with Crippen molar-refractivity contribution in [2.45, 2.75) is 225 Å². The van der Waals surface area contributed by atoms with Gasteiger partial charge < -0.3 is 47.7 Å². The number of fused-ring (bicyclic) bond motifs is 8. The molecule has 0 aromatic heterocycles. The number of allylic oxidation sites excluding steroid dienone is 2. The third kappa shape index (κ3) is 11.2. The van der Waals surface area contributed by atoms with E-state index in [1.165, 1.54) is 13.8 Å². The largest absolute Gasteiger partial charge is 0.455 e. The van der Waals surface area contributed by atoms with Crippen LogP contribution in [0.15, 0.2) is 89.5 Å². The lowest BCUT2D eigenvalue weighted by Crippen LogP contribution is -2.84. The molecule has 7 rings (SSSR count). The maximum absolute atomic E-state index is 16.9. The molecule has 2 N–H and O–H groups in total. The molecule has 0 spiro atoms. The molecule has 2 aliphatic heterocycles. The van der Waals surface area contributed by atoms with Gasteiger partial charge in [0.25, 0.3) is 5.91 Å². The molecule has 5 aliphatic rings. The molecule has 1 amide bonds. The van der Waals surface area contributed by atoms with Crippen molar-refractivity contribution < 1.29 is 71.1 Å². The number of nitrogens with one attached hydrogen (secondary N) is 1. The second-order valence-corrected chi connectivity index (χ2v) is 35.5. The van der Waals surface area contributed by atoms with Crippen molar-refractivity contribution in [2.24, 2.45) is 16.7 Å². The number of carbonyl (C=O) groups excluding carboxylic acids is 6. The first-order chi connectivity index (χ1) is 38.5. The normalized spacial score (nSPS) is 31.7. The maximum Gasteiger partial charge on any atom is 0.338 e. The zero-order valence-corrected chi connectivity index (χ0v) is 53.5. The summed E-state index contributed by atoms with van der Waals surface area (Å²) in [6.07, 6.45) is -4.83. The van der Waals surface area contributed by atoms with E-state index in [0.29, 0.717) is 29.3 Å². The Morgan fingerprint density at radius 3 is 1.96 bits per heavy atom. The fourth-order valence-corrected chi connectivity index (χ4v) is 23.5. The molecule has 82 heavy (non-hydrogen) atoms. The number of ketones is 1. The number of hydrogen-bond donors (Lipinski definition) is 2. The smallest absolute Gasteiger partial charge is 0.338 e. The fourth-order valence-electron chi connectivity index (χ4n) is 15.0. The SMILES string of the molecule is CC[Si](CC)(CC)O[C@H]1C[C@@H]2OC[C@]2(OC(C)=O)[C@@H]2[C@@H](OC(=O)c3ccccc3)[C@@]3(O)[C@@H]4OC/C=C/Cc5ccccc5C(=O)N[C@H](C=C(C)C)[C@H](O[Si](C(C)C)(C(C)C)C(C)C)C(=O)O[C@H]4C(C)=C([C@H](OC(C)=O)C(=O)[C@@]12C)C3(C)C. The Kier molecular flexibility index (Phi) is 19.5. The van der Waals surface area contributed by atoms with Crippen LogP contribution in [0.4, 0.5) is 0 Å². The zero-order valence-electron chi connectivity index (χ0n) is 51.5. The van der Waals surface area contributed by atoms with Crippen LogP contribution in [0.1, 0.15) is 150 Å². The number of amides is 1. The number of carbonyl (C=O) groups is 6. The van der Waals surface area contributed by atoms with Gasteiger partial charge >= 0.3 is 23.9 Å². The number of ether oxygens (including phenoxy) is 6. The van der Waals surface area contributed by atoms with Gasteiger partial charge in [-0.2, -0.15) is 0 Å². The van der Waals surface area contributed by atoms with E-state index >= 15 is 19.5 Å². The second kappa shape index (κ2) is 24.9. The van der Waals surface area contributed by atoms with Gasteiger partial charge in [-0.15, -0.1) is 0 Å². The van der Waals surface area contributed by atoms with Gasteiger partial charge in [0.15, 0.2) is 38.0 Å². The van der Waals surface area contributed by atoms with Crippen LogP contribution >= 0.6 is 0 Å². The molecule has 16 nitrogen and oxygen atoms in total. The van der Waals surface area contributed by atoms with Crippen LogP contribution in [0.3, 0.4) is 0 Å². The Balaban J connectivity index is 1.63. The van der Waals surface area contributed by atoms with E-state index < -0.39 is 129 Å². The number of rotatable bonds is 15. The average molecular weight is 1170 g/mol. The Bertz CT molecular complexity index is 2790. The Labute approximate surface area is 488 Å². The van der Waals surface area contributed by atoms with E-state index in [9.17, 15) is 14.4 Å². The lowest BCUT2D eigenvalue weighted by Gasteiger charge is -2.69. The lowest BCUT2D eigenvalue weighted by molar-refractivity contribution is -0.352. The van der Waals surface area contributed by atoms with Gasteiger partial charge in [-0.1, -0.05) is 136 Å². The molecule has 3 fully saturated rings. The highest BCUT2D eigenvalue weighted by atomic mass is 28.4. The van der Waals surface area contributed by atoms with Gasteiger partial charge in [0.1, 0.15) is 23.9 Å². The molecule has 3 aliphatic carbocycles. The number of aliphatic hydroxyl groups is 1. The first kappa shape index (κ1) is 64.5. The van der Waals surface area contributed by atoms with E-state index in [1.807, 2.05) is 32.1 Å². The molecule has 2 bridgehead atoms. The Morgan fingerprint density at radius 1 is 0.805 bits per heavy atom. The summed E-state index contributed by atoms with van der Waals surface area (Å²) in [7, 11) is -5.81. The van der Waals surface area contributed by atoms with Gasteiger partial charge in [-0.05, 0) is 104 Å². The average Bonchev–Trinajstić information content (AvgIpc) is 0.961.